The predicted octanol–water partition coefficient (Wildman–Crippen LogP) is 3.40. The predicted molar refractivity (Wildman–Crippen MR) is 72.9 cm³/mol. The molecule has 0 fully saturated rings. The van der Waals surface area contributed by atoms with Crippen molar-refractivity contribution in [2.75, 3.05) is 6.61 Å². The van der Waals surface area contributed by atoms with E-state index in [4.69, 9.17) is 4.74 Å². The molecule has 0 saturated heterocycles. The zero-order valence-corrected chi connectivity index (χ0v) is 11.1. The Morgan fingerprint density at radius 3 is 3.00 bits per heavy atom. The first-order valence-corrected chi connectivity index (χ1v) is 7.06. The standard InChI is InChI=1S/C15H16O2S/c1-10-8-12(9-18-10)14(16)15-13-5-3-2-4-11(13)6-7-17-15/h2-5,8-9,14-16H,6-7H2,1H3. The van der Waals surface area contributed by atoms with Gasteiger partial charge in [-0.15, -0.1) is 11.3 Å². The zero-order chi connectivity index (χ0) is 12.5. The zero-order valence-electron chi connectivity index (χ0n) is 10.3. The van der Waals surface area contributed by atoms with Crippen LogP contribution in [0.1, 0.15) is 33.8 Å². The molecule has 94 valence electrons. The van der Waals surface area contributed by atoms with Gasteiger partial charge in [0.25, 0.3) is 0 Å². The highest BCUT2D eigenvalue weighted by Crippen LogP contribution is 2.37. The van der Waals surface area contributed by atoms with Crippen LogP contribution in [-0.2, 0) is 11.2 Å². The molecule has 0 saturated carbocycles. The third-order valence-electron chi connectivity index (χ3n) is 3.41. The summed E-state index contributed by atoms with van der Waals surface area (Å²) in [5.74, 6) is 0. The van der Waals surface area contributed by atoms with Crippen LogP contribution in [0, 0.1) is 6.92 Å². The van der Waals surface area contributed by atoms with E-state index in [0.717, 1.165) is 17.5 Å². The number of ether oxygens (including phenoxy) is 1. The van der Waals surface area contributed by atoms with Crippen molar-refractivity contribution in [1.82, 2.24) is 0 Å². The maximum Gasteiger partial charge on any atom is 0.113 e. The maximum atomic E-state index is 10.5. The number of fused-ring (bicyclic) bond motifs is 1. The molecule has 2 aromatic rings. The van der Waals surface area contributed by atoms with Crippen molar-refractivity contribution < 1.29 is 9.84 Å². The number of aliphatic hydroxyl groups is 1. The number of hydrogen-bond donors (Lipinski definition) is 1. The Morgan fingerprint density at radius 1 is 1.39 bits per heavy atom. The van der Waals surface area contributed by atoms with Gasteiger partial charge in [-0.1, -0.05) is 24.3 Å². The van der Waals surface area contributed by atoms with E-state index in [1.54, 1.807) is 11.3 Å². The largest absolute Gasteiger partial charge is 0.385 e. The second kappa shape index (κ2) is 4.84. The molecule has 2 nitrogen and oxygen atoms in total. The molecule has 3 heteroatoms. The fourth-order valence-electron chi connectivity index (χ4n) is 2.48. The van der Waals surface area contributed by atoms with Gasteiger partial charge in [0.05, 0.1) is 6.61 Å². The first kappa shape index (κ1) is 11.9. The molecular weight excluding hydrogens is 244 g/mol. The van der Waals surface area contributed by atoms with Crippen molar-refractivity contribution in [3.63, 3.8) is 0 Å². The lowest BCUT2D eigenvalue weighted by Crippen LogP contribution is -2.21. The molecule has 2 unspecified atom stereocenters. The Labute approximate surface area is 111 Å². The van der Waals surface area contributed by atoms with Gasteiger partial charge in [-0.3, -0.25) is 0 Å². The minimum absolute atomic E-state index is 0.232. The van der Waals surface area contributed by atoms with Crippen molar-refractivity contribution in [3.8, 4) is 0 Å². The van der Waals surface area contributed by atoms with E-state index < -0.39 is 6.10 Å². The van der Waals surface area contributed by atoms with Crippen LogP contribution in [0.15, 0.2) is 35.7 Å². The van der Waals surface area contributed by atoms with E-state index in [9.17, 15) is 5.11 Å². The van der Waals surface area contributed by atoms with Gasteiger partial charge in [-0.25, -0.2) is 0 Å². The third kappa shape index (κ3) is 2.09. The Kier molecular flexibility index (Phi) is 3.20. The summed E-state index contributed by atoms with van der Waals surface area (Å²) in [7, 11) is 0. The summed E-state index contributed by atoms with van der Waals surface area (Å²) in [4.78, 5) is 1.22. The number of thiophene rings is 1. The van der Waals surface area contributed by atoms with Crippen LogP contribution in [0.2, 0.25) is 0 Å². The van der Waals surface area contributed by atoms with Crippen LogP contribution in [0.5, 0.6) is 0 Å². The molecule has 0 radical (unpaired) electrons. The molecule has 0 bridgehead atoms. The van der Waals surface area contributed by atoms with Gasteiger partial charge in [-0.05, 0) is 41.5 Å². The van der Waals surface area contributed by atoms with Gasteiger partial charge in [0, 0.05) is 4.88 Å². The lowest BCUT2D eigenvalue weighted by Gasteiger charge is -2.29. The van der Waals surface area contributed by atoms with Crippen molar-refractivity contribution in [2.45, 2.75) is 25.6 Å². The molecule has 1 aromatic heterocycles. The molecule has 2 atom stereocenters. The van der Waals surface area contributed by atoms with Crippen LogP contribution in [0.25, 0.3) is 0 Å². The summed E-state index contributed by atoms with van der Waals surface area (Å²) >= 11 is 1.66. The number of hydrogen-bond acceptors (Lipinski definition) is 3. The first-order chi connectivity index (χ1) is 8.75. The average Bonchev–Trinajstić information content (AvgIpc) is 2.84. The van der Waals surface area contributed by atoms with E-state index in [-0.39, 0.29) is 6.10 Å². The van der Waals surface area contributed by atoms with Crippen molar-refractivity contribution in [2.24, 2.45) is 0 Å². The minimum Gasteiger partial charge on any atom is -0.385 e. The Bertz CT molecular complexity index is 547. The lowest BCUT2D eigenvalue weighted by molar-refractivity contribution is -0.0481. The highest BCUT2D eigenvalue weighted by Gasteiger charge is 2.28. The molecule has 1 N–H and O–H groups in total. The number of aliphatic hydroxyl groups excluding tert-OH is 1. The van der Waals surface area contributed by atoms with E-state index in [1.165, 1.54) is 10.4 Å². The van der Waals surface area contributed by atoms with Crippen LogP contribution < -0.4 is 0 Å². The van der Waals surface area contributed by atoms with Gasteiger partial charge in [0.2, 0.25) is 0 Å². The Morgan fingerprint density at radius 2 is 2.22 bits per heavy atom. The third-order valence-corrected chi connectivity index (χ3v) is 4.29. The monoisotopic (exact) mass is 260 g/mol. The molecule has 1 aromatic carbocycles. The Balaban J connectivity index is 1.94. The number of benzene rings is 1. The normalized spacial score (nSPS) is 20.4. The summed E-state index contributed by atoms with van der Waals surface area (Å²) in [6, 6.07) is 10.3. The second-order valence-electron chi connectivity index (χ2n) is 4.68. The smallest absolute Gasteiger partial charge is 0.113 e. The van der Waals surface area contributed by atoms with Gasteiger partial charge in [-0.2, -0.15) is 0 Å². The van der Waals surface area contributed by atoms with E-state index in [2.05, 4.69) is 19.1 Å². The quantitative estimate of drug-likeness (QED) is 0.896. The summed E-state index contributed by atoms with van der Waals surface area (Å²) < 4.78 is 5.78. The highest BCUT2D eigenvalue weighted by molar-refractivity contribution is 7.10. The van der Waals surface area contributed by atoms with Gasteiger partial charge >= 0.3 is 0 Å². The number of aryl methyl sites for hydroxylation is 1. The van der Waals surface area contributed by atoms with Gasteiger partial charge in [0.1, 0.15) is 12.2 Å². The molecule has 3 rings (SSSR count). The SMILES string of the molecule is Cc1cc(C(O)C2OCCc3ccccc32)cs1. The second-order valence-corrected chi connectivity index (χ2v) is 5.79. The molecule has 0 amide bonds. The molecule has 2 heterocycles. The highest BCUT2D eigenvalue weighted by atomic mass is 32.1. The van der Waals surface area contributed by atoms with Crippen molar-refractivity contribution in [1.29, 1.82) is 0 Å². The molecule has 1 aliphatic heterocycles. The molecule has 18 heavy (non-hydrogen) atoms. The van der Waals surface area contributed by atoms with E-state index >= 15 is 0 Å². The fraction of sp³-hybridized carbons (Fsp3) is 0.333. The molecule has 0 aliphatic carbocycles. The summed E-state index contributed by atoms with van der Waals surface area (Å²) in [6.07, 6.45) is 0.127. The van der Waals surface area contributed by atoms with E-state index in [0.29, 0.717) is 6.61 Å². The van der Waals surface area contributed by atoms with Crippen molar-refractivity contribution in [3.05, 3.63) is 57.3 Å². The molecular formula is C15H16O2S. The van der Waals surface area contributed by atoms with Crippen LogP contribution >= 0.6 is 11.3 Å². The Hall–Kier alpha value is -1.16. The van der Waals surface area contributed by atoms with Crippen molar-refractivity contribution >= 4 is 11.3 Å². The van der Waals surface area contributed by atoms with Crippen LogP contribution in [0.3, 0.4) is 0 Å². The molecule has 0 spiro atoms. The van der Waals surface area contributed by atoms with Crippen LogP contribution in [-0.4, -0.2) is 11.7 Å². The summed E-state index contributed by atoms with van der Waals surface area (Å²) in [5.41, 5.74) is 3.37. The van der Waals surface area contributed by atoms with Gasteiger partial charge < -0.3 is 9.84 Å². The minimum atomic E-state index is -0.573. The summed E-state index contributed by atoms with van der Waals surface area (Å²) in [6.45, 7) is 2.73. The summed E-state index contributed by atoms with van der Waals surface area (Å²) in [5, 5.41) is 12.5. The molecule has 1 aliphatic rings. The fourth-order valence-corrected chi connectivity index (χ4v) is 3.21. The average molecular weight is 260 g/mol. The number of rotatable bonds is 2. The first-order valence-electron chi connectivity index (χ1n) is 6.18. The lowest BCUT2D eigenvalue weighted by atomic mass is 9.92. The van der Waals surface area contributed by atoms with Gasteiger partial charge in [0.15, 0.2) is 0 Å². The maximum absolute atomic E-state index is 10.5. The van der Waals surface area contributed by atoms with Crippen LogP contribution in [0.4, 0.5) is 0 Å². The topological polar surface area (TPSA) is 29.5 Å². The van der Waals surface area contributed by atoms with E-state index in [1.807, 2.05) is 23.6 Å².